The van der Waals surface area contributed by atoms with Crippen LogP contribution in [0.4, 0.5) is 17.5 Å². The Morgan fingerprint density at radius 2 is 2.00 bits per heavy atom. The van der Waals surface area contributed by atoms with Crippen molar-refractivity contribution < 1.29 is 4.74 Å². The van der Waals surface area contributed by atoms with Crippen molar-refractivity contribution in [2.45, 2.75) is 25.2 Å². The number of hydrogen-bond acceptors (Lipinski definition) is 6. The van der Waals surface area contributed by atoms with Crippen LogP contribution >= 0.6 is 11.6 Å². The summed E-state index contributed by atoms with van der Waals surface area (Å²) in [5.41, 5.74) is 5.22. The number of nitrogens with one attached hydrogen (secondary N) is 1. The van der Waals surface area contributed by atoms with Gasteiger partial charge in [-0.15, -0.1) is 6.58 Å². The predicted octanol–water partition coefficient (Wildman–Crippen LogP) is 6.71. The third-order valence-corrected chi connectivity index (χ3v) is 6.86. The summed E-state index contributed by atoms with van der Waals surface area (Å²) in [6.07, 6.45) is 9.89. The monoisotopic (exact) mass is 526 g/mol. The van der Waals surface area contributed by atoms with Crippen LogP contribution < -0.4 is 15.0 Å². The van der Waals surface area contributed by atoms with Gasteiger partial charge in [0.2, 0.25) is 5.95 Å². The van der Waals surface area contributed by atoms with Gasteiger partial charge < -0.3 is 19.5 Å². The van der Waals surface area contributed by atoms with E-state index in [1.165, 1.54) is 11.1 Å². The van der Waals surface area contributed by atoms with Gasteiger partial charge in [-0.1, -0.05) is 60.7 Å². The minimum Gasteiger partial charge on any atom is -0.487 e. The lowest BCUT2D eigenvalue weighted by atomic mass is 9.97. The Kier molecular flexibility index (Phi) is 7.75. The topological polar surface area (TPSA) is 68.1 Å². The van der Waals surface area contributed by atoms with Crippen LogP contribution in [0.1, 0.15) is 35.6 Å². The second kappa shape index (κ2) is 11.5. The zero-order chi connectivity index (χ0) is 26.5. The van der Waals surface area contributed by atoms with E-state index in [1.54, 1.807) is 18.6 Å². The predicted molar refractivity (Wildman–Crippen MR) is 154 cm³/mol. The maximum Gasteiger partial charge on any atom is 0.229 e. The van der Waals surface area contributed by atoms with Gasteiger partial charge in [0.15, 0.2) is 0 Å². The van der Waals surface area contributed by atoms with Gasteiger partial charge in [-0.05, 0) is 37.0 Å². The molecule has 2 heterocycles. The molecule has 0 saturated carbocycles. The molecule has 7 nitrogen and oxygen atoms in total. The molecule has 1 aliphatic carbocycles. The zero-order valence-electron chi connectivity index (χ0n) is 21.5. The molecule has 0 aliphatic heterocycles. The Balaban J connectivity index is 1.52. The highest BCUT2D eigenvalue weighted by atomic mass is 35.5. The van der Waals surface area contributed by atoms with Crippen LogP contribution in [0.3, 0.4) is 0 Å². The maximum atomic E-state index is 6.05. The molecule has 0 amide bonds. The summed E-state index contributed by atoms with van der Waals surface area (Å²) in [6.45, 7) is 8.86. The average molecular weight is 527 g/mol. The second-order valence-electron chi connectivity index (χ2n) is 9.25. The molecule has 0 radical (unpaired) electrons. The number of ether oxygens (including phenoxy) is 1. The van der Waals surface area contributed by atoms with E-state index in [0.717, 1.165) is 48.7 Å². The summed E-state index contributed by atoms with van der Waals surface area (Å²) in [4.78, 5) is 16.3. The lowest BCUT2D eigenvalue weighted by molar-refractivity contribution is 0.362. The van der Waals surface area contributed by atoms with Crippen LogP contribution in [-0.4, -0.2) is 39.7 Å². The molecule has 1 atom stereocenters. The molecule has 4 aromatic rings. The van der Waals surface area contributed by atoms with E-state index < -0.39 is 0 Å². The van der Waals surface area contributed by atoms with Crippen LogP contribution in [0.15, 0.2) is 86.4 Å². The number of halogens is 1. The molecule has 0 saturated heterocycles. The first-order chi connectivity index (χ1) is 18.6. The van der Waals surface area contributed by atoms with E-state index in [4.69, 9.17) is 26.3 Å². The van der Waals surface area contributed by atoms with Crippen LogP contribution in [0.25, 0.3) is 5.69 Å². The summed E-state index contributed by atoms with van der Waals surface area (Å²) >= 11 is 6.05. The number of imidazole rings is 1. The van der Waals surface area contributed by atoms with Crippen LogP contribution in [0.5, 0.6) is 5.75 Å². The molecule has 0 spiro atoms. The summed E-state index contributed by atoms with van der Waals surface area (Å²) in [6, 6.07) is 16.4. The molecule has 1 aliphatic rings. The number of rotatable bonds is 11. The Morgan fingerprint density at radius 3 is 2.74 bits per heavy atom. The molecule has 194 valence electrons. The number of benzene rings is 2. The van der Waals surface area contributed by atoms with Gasteiger partial charge in [-0.3, -0.25) is 0 Å². The van der Waals surface area contributed by atoms with Crippen LogP contribution in [0, 0.1) is 0 Å². The molecule has 8 heteroatoms. The highest BCUT2D eigenvalue weighted by molar-refractivity contribution is 6.29. The van der Waals surface area contributed by atoms with Crippen molar-refractivity contribution in [3.05, 3.63) is 108 Å². The van der Waals surface area contributed by atoms with E-state index in [0.29, 0.717) is 23.5 Å². The standard InChI is InChI=1S/C30H31ClN6O/c1-4-6-16-36(3)29-24-14-13-23(21-10-8-7-9-11-21)28(24)34-30(35-29)33-22-12-15-25(26(18-22)38-17-5-2)37-19-27(31)32-20-37/h4-5,7-12,15,18-20,23H,1-2,6,13-14,16-17H2,3H3,(H,33,34,35). The Morgan fingerprint density at radius 1 is 1.16 bits per heavy atom. The molecule has 0 bridgehead atoms. The van der Waals surface area contributed by atoms with E-state index in [-0.39, 0.29) is 5.92 Å². The molecular weight excluding hydrogens is 496 g/mol. The molecule has 2 aromatic heterocycles. The highest BCUT2D eigenvalue weighted by Gasteiger charge is 2.30. The van der Waals surface area contributed by atoms with E-state index in [1.807, 2.05) is 34.9 Å². The quantitative estimate of drug-likeness (QED) is 0.219. The van der Waals surface area contributed by atoms with E-state index in [9.17, 15) is 0 Å². The van der Waals surface area contributed by atoms with Crippen molar-refractivity contribution >= 4 is 29.1 Å². The molecule has 1 unspecified atom stereocenters. The third kappa shape index (κ3) is 5.43. The van der Waals surface area contributed by atoms with Gasteiger partial charge in [0.1, 0.15) is 29.7 Å². The van der Waals surface area contributed by atoms with Crippen molar-refractivity contribution in [2.24, 2.45) is 0 Å². The number of fused-ring (bicyclic) bond motifs is 1. The highest BCUT2D eigenvalue weighted by Crippen LogP contribution is 2.41. The summed E-state index contributed by atoms with van der Waals surface area (Å²) in [5, 5.41) is 3.84. The SMILES string of the molecule is C=CCCN(C)c1nc(Nc2ccc(-n3cnc(Cl)c3)c(OCC=C)c2)nc2c1CCC2c1ccccc1. The molecule has 38 heavy (non-hydrogen) atoms. The molecule has 0 fully saturated rings. The van der Waals surface area contributed by atoms with Gasteiger partial charge in [-0.2, -0.15) is 4.98 Å². The molecule has 5 rings (SSSR count). The van der Waals surface area contributed by atoms with Crippen molar-refractivity contribution in [3.63, 3.8) is 0 Å². The fraction of sp³-hybridized carbons (Fsp3) is 0.233. The number of hydrogen-bond donors (Lipinski definition) is 1. The van der Waals surface area contributed by atoms with Gasteiger partial charge in [-0.25, -0.2) is 9.97 Å². The summed E-state index contributed by atoms with van der Waals surface area (Å²) in [7, 11) is 2.08. The van der Waals surface area contributed by atoms with Gasteiger partial charge in [0.05, 0.1) is 11.4 Å². The summed E-state index contributed by atoms with van der Waals surface area (Å²) in [5.74, 6) is 2.42. The Bertz CT molecular complexity index is 1430. The molecule has 2 aromatic carbocycles. The number of anilines is 3. The first-order valence-electron chi connectivity index (χ1n) is 12.7. The summed E-state index contributed by atoms with van der Waals surface area (Å²) < 4.78 is 7.80. The third-order valence-electron chi connectivity index (χ3n) is 6.66. The van der Waals surface area contributed by atoms with Crippen molar-refractivity contribution in [2.75, 3.05) is 30.4 Å². The van der Waals surface area contributed by atoms with Gasteiger partial charge in [0.25, 0.3) is 0 Å². The Labute approximate surface area is 228 Å². The van der Waals surface area contributed by atoms with Gasteiger partial charge >= 0.3 is 0 Å². The van der Waals surface area contributed by atoms with E-state index >= 15 is 0 Å². The lowest BCUT2D eigenvalue weighted by Crippen LogP contribution is -2.22. The van der Waals surface area contributed by atoms with Crippen LogP contribution in [0.2, 0.25) is 5.15 Å². The van der Waals surface area contributed by atoms with E-state index in [2.05, 4.69) is 59.7 Å². The minimum atomic E-state index is 0.237. The fourth-order valence-electron chi connectivity index (χ4n) is 4.84. The van der Waals surface area contributed by atoms with Crippen molar-refractivity contribution in [1.29, 1.82) is 0 Å². The maximum absolute atomic E-state index is 6.05. The molecular formula is C30H31ClN6O. The fourth-order valence-corrected chi connectivity index (χ4v) is 4.99. The number of nitrogens with zero attached hydrogens (tertiary/aromatic N) is 5. The Hall–Kier alpha value is -4.10. The van der Waals surface area contributed by atoms with Crippen LogP contribution in [-0.2, 0) is 6.42 Å². The van der Waals surface area contributed by atoms with Crippen molar-refractivity contribution in [1.82, 2.24) is 19.5 Å². The first kappa shape index (κ1) is 25.5. The number of aromatic nitrogens is 4. The van der Waals surface area contributed by atoms with Gasteiger partial charge in [0, 0.05) is 43.0 Å². The lowest BCUT2D eigenvalue weighted by Gasteiger charge is -2.22. The normalized spacial score (nSPS) is 14.1. The first-order valence-corrected chi connectivity index (χ1v) is 13.1. The second-order valence-corrected chi connectivity index (χ2v) is 9.63. The largest absolute Gasteiger partial charge is 0.487 e. The molecule has 1 N–H and O–H groups in total. The van der Waals surface area contributed by atoms with Crippen molar-refractivity contribution in [3.8, 4) is 11.4 Å². The zero-order valence-corrected chi connectivity index (χ0v) is 22.2. The average Bonchev–Trinajstić information content (AvgIpc) is 3.57. The minimum absolute atomic E-state index is 0.237. The smallest absolute Gasteiger partial charge is 0.229 e.